The molecule has 0 N–H and O–H groups in total. The second-order valence-corrected chi connectivity index (χ2v) is 25.1. The van der Waals surface area contributed by atoms with Crippen LogP contribution in [-0.2, 0) is 71.5 Å². The van der Waals surface area contributed by atoms with Crippen LogP contribution >= 0.6 is 0 Å². The van der Waals surface area contributed by atoms with E-state index in [1.165, 1.54) is 83.5 Å². The zero-order chi connectivity index (χ0) is 77.6. The molecule has 19 fully saturated rings. The molecular formula is C85H164O15. The van der Waals surface area contributed by atoms with E-state index in [1.54, 1.807) is 0 Å². The van der Waals surface area contributed by atoms with E-state index in [1.807, 2.05) is 194 Å². The Bertz CT molecular complexity index is 1980. The molecule has 15 nitrogen and oxygen atoms in total. The highest BCUT2D eigenvalue weighted by molar-refractivity contribution is 5.80. The molecule has 10 aliphatic heterocycles. The summed E-state index contributed by atoms with van der Waals surface area (Å²) in [7, 11) is 0. The maximum Gasteiger partial charge on any atom is 0.312 e. The molecule has 9 saturated carbocycles. The summed E-state index contributed by atoms with van der Waals surface area (Å²) in [5.74, 6) is 6.95. The summed E-state index contributed by atoms with van der Waals surface area (Å²) in [6.45, 7) is 58.8. The second kappa shape index (κ2) is 61.5. The predicted octanol–water partition coefficient (Wildman–Crippen LogP) is 22.8. The van der Waals surface area contributed by atoms with E-state index in [0.29, 0.717) is 74.5 Å². The molecule has 0 aromatic carbocycles. The topological polar surface area (TPSA) is 193 Å². The van der Waals surface area contributed by atoms with Gasteiger partial charge in [0.15, 0.2) is 0 Å². The first-order valence-electron chi connectivity index (χ1n) is 42.8. The van der Waals surface area contributed by atoms with Crippen LogP contribution in [-0.4, -0.2) is 98.7 Å². The smallest absolute Gasteiger partial charge is 0.312 e. The Morgan fingerprint density at radius 3 is 1.32 bits per heavy atom. The van der Waals surface area contributed by atoms with E-state index >= 15 is 0 Å². The lowest BCUT2D eigenvalue weighted by molar-refractivity contribution is -0.169. The number of carbonyl (C=O) groups is 7. The van der Waals surface area contributed by atoms with Crippen LogP contribution < -0.4 is 0 Å². The standard InChI is InChI=1S/2C10H14O2.C9H14O2.C8H10O2.2C7H10O2.C6H8O3.14C2H6/c11-10-8-2-6-1-7(3-8)5-9(4-6)12-10;11-9-10(3-4-12-9)6-7-1-2-8(10)5-7;10-8-9(6-7-11-8)4-2-1-3-5-9;9-8-6-2-5-1-4(6)3-7(5)10-8;8-7-6-3-1-2-5(6)4-9-7;8-7-4-5-2-1-3-6(5)9-7;7-6-3-5-4(9-6)1-2-8-5;14*1-2/h6-9H,1-5H2;7-8H,1-6H2;1-7H2;4-7H,1-3H2;2*5-6H,1-4H2;4-5H,1-3H2;14*1-2H3. The van der Waals surface area contributed by atoms with Gasteiger partial charge < -0.3 is 37.9 Å². The monoisotopic (exact) mass is 1430 g/mol. The first kappa shape index (κ1) is 103. The van der Waals surface area contributed by atoms with E-state index in [2.05, 4.69) is 0 Å². The maximum atomic E-state index is 11.6. The van der Waals surface area contributed by atoms with Gasteiger partial charge >= 0.3 is 41.8 Å². The summed E-state index contributed by atoms with van der Waals surface area (Å²) in [4.78, 5) is 77.4. The Labute approximate surface area is 616 Å². The molecule has 19 rings (SSSR count). The summed E-state index contributed by atoms with van der Waals surface area (Å²) >= 11 is 0. The number of carbonyl (C=O) groups excluding carboxylic acids is 7. The molecule has 10 bridgehead atoms. The van der Waals surface area contributed by atoms with Crippen LogP contribution in [0.5, 0.6) is 0 Å². The molecule has 0 amide bonds. The van der Waals surface area contributed by atoms with Crippen LogP contribution in [0.15, 0.2) is 0 Å². The molecule has 15 heteroatoms. The summed E-state index contributed by atoms with van der Waals surface area (Å²) in [5, 5.41) is 0. The van der Waals surface area contributed by atoms with Gasteiger partial charge in [-0.3, -0.25) is 33.6 Å². The van der Waals surface area contributed by atoms with E-state index in [0.717, 1.165) is 114 Å². The van der Waals surface area contributed by atoms with Crippen LogP contribution in [0.3, 0.4) is 0 Å². The minimum absolute atomic E-state index is 0.00289. The van der Waals surface area contributed by atoms with Crippen molar-refractivity contribution in [2.24, 2.45) is 75.9 Å². The van der Waals surface area contributed by atoms with Gasteiger partial charge in [-0.25, -0.2) is 0 Å². The molecule has 15 unspecified atom stereocenters. The van der Waals surface area contributed by atoms with Gasteiger partial charge in [0.05, 0.1) is 67.9 Å². The van der Waals surface area contributed by atoms with Crippen LogP contribution in [0.2, 0.25) is 0 Å². The zero-order valence-electron chi connectivity index (χ0n) is 70.5. The van der Waals surface area contributed by atoms with E-state index in [9.17, 15) is 33.6 Å². The molecule has 0 aromatic rings. The second-order valence-electron chi connectivity index (χ2n) is 25.1. The molecule has 100 heavy (non-hydrogen) atoms. The predicted molar refractivity (Wildman–Crippen MR) is 414 cm³/mol. The summed E-state index contributed by atoms with van der Waals surface area (Å²) in [5.41, 5.74) is -0.0266. The molecule has 10 saturated heterocycles. The van der Waals surface area contributed by atoms with Gasteiger partial charge in [-0.1, -0.05) is 226 Å². The van der Waals surface area contributed by atoms with Crippen LogP contribution in [0.25, 0.3) is 0 Å². The number of cyclic esters (lactones) is 3. The molecule has 2 spiro atoms. The lowest BCUT2D eigenvalue weighted by Crippen LogP contribution is -2.39. The largest absolute Gasteiger partial charge is 0.465 e. The lowest BCUT2D eigenvalue weighted by atomic mass is 9.68. The Morgan fingerprint density at radius 1 is 0.320 bits per heavy atom. The summed E-state index contributed by atoms with van der Waals surface area (Å²) in [6, 6.07) is 0. The van der Waals surface area contributed by atoms with Crippen molar-refractivity contribution in [2.75, 3.05) is 26.4 Å². The first-order valence-corrected chi connectivity index (χ1v) is 42.8. The average molecular weight is 1430 g/mol. The van der Waals surface area contributed by atoms with Crippen LogP contribution in [0.4, 0.5) is 0 Å². The summed E-state index contributed by atoms with van der Waals surface area (Å²) in [6.07, 6.45) is 32.6. The fourth-order valence-corrected chi connectivity index (χ4v) is 17.1. The third kappa shape index (κ3) is 30.8. The molecule has 594 valence electrons. The van der Waals surface area contributed by atoms with Gasteiger partial charge in [-0.2, -0.15) is 0 Å². The first-order chi connectivity index (χ1) is 48.9. The van der Waals surface area contributed by atoms with Gasteiger partial charge in [0.2, 0.25) is 0 Å². The van der Waals surface area contributed by atoms with Crippen molar-refractivity contribution in [1.82, 2.24) is 0 Å². The number of rotatable bonds is 0. The van der Waals surface area contributed by atoms with Crippen LogP contribution in [0, 0.1) is 75.9 Å². The molecule has 15 atom stereocenters. The van der Waals surface area contributed by atoms with Gasteiger partial charge in [-0.15, -0.1) is 0 Å². The van der Waals surface area contributed by atoms with Gasteiger partial charge in [0, 0.05) is 18.3 Å². The normalized spacial score (nSPS) is 32.7. The van der Waals surface area contributed by atoms with Crippen molar-refractivity contribution in [3.63, 3.8) is 0 Å². The number of esters is 7. The highest BCUT2D eigenvalue weighted by Crippen LogP contribution is 2.60. The van der Waals surface area contributed by atoms with Crippen molar-refractivity contribution in [2.45, 2.75) is 404 Å². The van der Waals surface area contributed by atoms with Gasteiger partial charge in [0.1, 0.15) is 30.5 Å². The Morgan fingerprint density at radius 2 is 0.860 bits per heavy atom. The molecule has 10 heterocycles. The van der Waals surface area contributed by atoms with E-state index in [4.69, 9.17) is 37.9 Å². The van der Waals surface area contributed by atoms with Crippen molar-refractivity contribution in [3.05, 3.63) is 0 Å². The van der Waals surface area contributed by atoms with E-state index < -0.39 is 0 Å². The number of hydrogen-bond donors (Lipinski definition) is 0. The van der Waals surface area contributed by atoms with E-state index in [-0.39, 0.29) is 82.8 Å². The molecule has 19 aliphatic rings. The van der Waals surface area contributed by atoms with Gasteiger partial charge in [0.25, 0.3) is 0 Å². The molecule has 9 aliphatic carbocycles. The fraction of sp³-hybridized carbons (Fsp3) is 0.918. The molecule has 0 aromatic heterocycles. The van der Waals surface area contributed by atoms with Crippen molar-refractivity contribution in [3.8, 4) is 0 Å². The number of ether oxygens (including phenoxy) is 8. The Kier molecular flexibility index (Phi) is 63.2. The van der Waals surface area contributed by atoms with Gasteiger partial charge in [-0.05, 0) is 164 Å². The Balaban J connectivity index is -0.000000508. The lowest BCUT2D eigenvalue weighted by Gasteiger charge is -2.35. The quantitative estimate of drug-likeness (QED) is 0.164. The minimum atomic E-state index is -0.107. The number of hydrogen-bond acceptors (Lipinski definition) is 15. The van der Waals surface area contributed by atoms with Crippen molar-refractivity contribution in [1.29, 1.82) is 0 Å². The zero-order valence-corrected chi connectivity index (χ0v) is 70.5. The molecular weight excluding hydrogens is 1260 g/mol. The third-order valence-corrected chi connectivity index (χ3v) is 20.8. The Hall–Kier alpha value is -3.75. The minimum Gasteiger partial charge on any atom is -0.465 e. The fourth-order valence-electron chi connectivity index (χ4n) is 17.1. The maximum absolute atomic E-state index is 11.6. The van der Waals surface area contributed by atoms with Crippen molar-refractivity contribution < 1.29 is 71.5 Å². The number of fused-ring (bicyclic) bond motifs is 8. The summed E-state index contributed by atoms with van der Waals surface area (Å²) < 4.78 is 40.8. The average Bonchev–Trinajstić information content (AvgIpc) is 1.60. The SMILES string of the molecule is CC.CC.CC.CC.CC.CC.CC.CC.CC.CC.CC.CC.CC.CC.O=C1CC2CCCC2O1.O=C1CC2OCCC2O1.O=C1OC2CC3CC(C2)CC1C3.O=C1OC2CC3CC2CC13.O=C1OCC2CCCC12.O=C1OCCC12CC1CCC2C1.O=C1OCCC12CCCCC2. The van der Waals surface area contributed by atoms with Crippen LogP contribution in [0.1, 0.15) is 374 Å². The highest BCUT2D eigenvalue weighted by atomic mass is 16.6. The molecule has 0 radical (unpaired) electrons. The van der Waals surface area contributed by atoms with Crippen molar-refractivity contribution >= 4 is 41.8 Å². The third-order valence-electron chi connectivity index (χ3n) is 20.8. The highest BCUT2D eigenvalue weighted by Gasteiger charge is 2.59.